The number of aromatic nitrogens is 3. The summed E-state index contributed by atoms with van der Waals surface area (Å²) in [5, 5.41) is 3.95. The summed E-state index contributed by atoms with van der Waals surface area (Å²) >= 11 is 0. The molecule has 2 heterocycles. The quantitative estimate of drug-likeness (QED) is 0.598. The van der Waals surface area contributed by atoms with Gasteiger partial charge in [-0.2, -0.15) is 4.98 Å². The molecule has 1 amide bonds. The monoisotopic (exact) mass is 364 g/mol. The van der Waals surface area contributed by atoms with Crippen molar-refractivity contribution in [3.05, 3.63) is 72.4 Å². The van der Waals surface area contributed by atoms with E-state index in [4.69, 9.17) is 9.26 Å². The fraction of sp³-hybridized carbons (Fsp3) is 0.200. The first-order valence-electron chi connectivity index (χ1n) is 8.39. The molecule has 0 radical (unpaired) electrons. The van der Waals surface area contributed by atoms with Crippen molar-refractivity contribution in [1.82, 2.24) is 20.0 Å². The first-order valence-corrected chi connectivity index (χ1v) is 8.39. The second-order valence-electron chi connectivity index (χ2n) is 6.15. The molecule has 2 aromatic heterocycles. The highest BCUT2D eigenvalue weighted by molar-refractivity contribution is 5.96. The summed E-state index contributed by atoms with van der Waals surface area (Å²) in [6, 6.07) is 10.7. The van der Waals surface area contributed by atoms with E-state index in [1.807, 2.05) is 13.0 Å². The predicted molar refractivity (Wildman–Crippen MR) is 100 cm³/mol. The summed E-state index contributed by atoms with van der Waals surface area (Å²) in [4.78, 5) is 22.6. The molecule has 0 aliphatic rings. The molecule has 0 saturated heterocycles. The van der Waals surface area contributed by atoms with E-state index in [-0.39, 0.29) is 12.5 Å². The minimum absolute atomic E-state index is 0.186. The summed E-state index contributed by atoms with van der Waals surface area (Å²) in [6.07, 6.45) is 3.31. The van der Waals surface area contributed by atoms with E-state index in [2.05, 4.69) is 21.7 Å². The Kier molecular flexibility index (Phi) is 5.61. The third-order valence-corrected chi connectivity index (χ3v) is 3.72. The second kappa shape index (κ2) is 8.27. The standard InChI is InChI=1S/C20H20N4O3/c1-14(2)13-26-17-7-5-4-6-16(17)20(25)24(3)12-18-22-19(23-27-18)15-8-10-21-11-9-15/h4-11H,1,12-13H2,2-3H3. The molecule has 0 bridgehead atoms. The SMILES string of the molecule is C=C(C)COc1ccccc1C(=O)N(C)Cc1nc(-c2ccncc2)no1. The molecular formula is C20H20N4O3. The highest BCUT2D eigenvalue weighted by Gasteiger charge is 2.19. The number of carbonyl (C=O) groups excluding carboxylic acids is 1. The van der Waals surface area contributed by atoms with Crippen molar-refractivity contribution in [3.8, 4) is 17.1 Å². The Labute approximate surface area is 157 Å². The lowest BCUT2D eigenvalue weighted by Crippen LogP contribution is -2.27. The number of rotatable bonds is 7. The van der Waals surface area contributed by atoms with Crippen LogP contribution in [0.25, 0.3) is 11.4 Å². The van der Waals surface area contributed by atoms with Gasteiger partial charge in [0.2, 0.25) is 11.7 Å². The maximum atomic E-state index is 12.8. The van der Waals surface area contributed by atoms with Gasteiger partial charge >= 0.3 is 0 Å². The van der Waals surface area contributed by atoms with Gasteiger partial charge in [0.25, 0.3) is 5.91 Å². The largest absolute Gasteiger partial charge is 0.488 e. The normalized spacial score (nSPS) is 10.4. The molecule has 0 aliphatic heterocycles. The molecule has 3 rings (SSSR count). The van der Waals surface area contributed by atoms with Gasteiger partial charge in [-0.05, 0) is 36.8 Å². The van der Waals surface area contributed by atoms with Crippen LogP contribution < -0.4 is 4.74 Å². The first kappa shape index (κ1) is 18.3. The molecule has 0 aliphatic carbocycles. The van der Waals surface area contributed by atoms with Crippen molar-refractivity contribution in [2.45, 2.75) is 13.5 Å². The maximum absolute atomic E-state index is 12.8. The van der Waals surface area contributed by atoms with E-state index >= 15 is 0 Å². The zero-order chi connectivity index (χ0) is 19.2. The van der Waals surface area contributed by atoms with Gasteiger partial charge in [0.1, 0.15) is 18.9 Å². The number of carbonyl (C=O) groups is 1. The van der Waals surface area contributed by atoms with Gasteiger partial charge in [0, 0.05) is 25.0 Å². The molecule has 0 spiro atoms. The summed E-state index contributed by atoms with van der Waals surface area (Å²) in [5.74, 6) is 1.12. The minimum Gasteiger partial charge on any atom is -0.488 e. The van der Waals surface area contributed by atoms with Crippen LogP contribution in [0.4, 0.5) is 0 Å². The van der Waals surface area contributed by atoms with Crippen molar-refractivity contribution in [1.29, 1.82) is 0 Å². The van der Waals surface area contributed by atoms with Crippen molar-refractivity contribution >= 4 is 5.91 Å². The van der Waals surface area contributed by atoms with Crippen molar-refractivity contribution in [3.63, 3.8) is 0 Å². The molecular weight excluding hydrogens is 344 g/mol. The first-order chi connectivity index (χ1) is 13.0. The van der Waals surface area contributed by atoms with Crippen LogP contribution in [-0.2, 0) is 6.54 Å². The van der Waals surface area contributed by atoms with Crippen LogP contribution in [-0.4, -0.2) is 39.6 Å². The van der Waals surface area contributed by atoms with E-state index in [9.17, 15) is 4.79 Å². The van der Waals surface area contributed by atoms with E-state index in [1.54, 1.807) is 49.8 Å². The molecule has 0 N–H and O–H groups in total. The van der Waals surface area contributed by atoms with E-state index in [0.29, 0.717) is 29.6 Å². The number of nitrogens with zero attached hydrogens (tertiary/aromatic N) is 4. The highest BCUT2D eigenvalue weighted by Crippen LogP contribution is 2.21. The summed E-state index contributed by atoms with van der Waals surface area (Å²) in [6.45, 7) is 6.22. The Hall–Kier alpha value is -3.48. The van der Waals surface area contributed by atoms with Gasteiger partial charge in [-0.3, -0.25) is 9.78 Å². The van der Waals surface area contributed by atoms with E-state index in [1.165, 1.54) is 4.90 Å². The van der Waals surface area contributed by atoms with Crippen LogP contribution in [0, 0.1) is 0 Å². The Morgan fingerprint density at radius 2 is 1.96 bits per heavy atom. The zero-order valence-corrected chi connectivity index (χ0v) is 15.3. The van der Waals surface area contributed by atoms with Crippen LogP contribution in [0.15, 0.2) is 65.5 Å². The van der Waals surface area contributed by atoms with Crippen LogP contribution in [0.3, 0.4) is 0 Å². The smallest absolute Gasteiger partial charge is 0.257 e. The number of pyridine rings is 1. The number of hydrogen-bond acceptors (Lipinski definition) is 6. The van der Waals surface area contributed by atoms with Gasteiger partial charge in [-0.1, -0.05) is 23.9 Å². The average molecular weight is 364 g/mol. The number of benzene rings is 1. The lowest BCUT2D eigenvalue weighted by Gasteiger charge is -2.17. The summed E-state index contributed by atoms with van der Waals surface area (Å²) < 4.78 is 10.9. The molecule has 27 heavy (non-hydrogen) atoms. The molecule has 7 nitrogen and oxygen atoms in total. The van der Waals surface area contributed by atoms with Gasteiger partial charge in [-0.15, -0.1) is 0 Å². The Balaban J connectivity index is 1.72. The lowest BCUT2D eigenvalue weighted by molar-refractivity contribution is 0.0765. The third-order valence-electron chi connectivity index (χ3n) is 3.72. The summed E-state index contributed by atoms with van der Waals surface area (Å²) in [5.41, 5.74) is 2.14. The van der Waals surface area contributed by atoms with E-state index < -0.39 is 0 Å². The van der Waals surface area contributed by atoms with Gasteiger partial charge < -0.3 is 14.2 Å². The third kappa shape index (κ3) is 4.58. The van der Waals surface area contributed by atoms with Crippen LogP contribution in [0.2, 0.25) is 0 Å². The maximum Gasteiger partial charge on any atom is 0.257 e. The lowest BCUT2D eigenvalue weighted by atomic mass is 10.1. The molecule has 138 valence electrons. The Morgan fingerprint density at radius 1 is 1.22 bits per heavy atom. The molecule has 1 aromatic carbocycles. The average Bonchev–Trinajstić information content (AvgIpc) is 3.15. The number of para-hydroxylation sites is 1. The summed E-state index contributed by atoms with van der Waals surface area (Å²) in [7, 11) is 1.67. The molecule has 0 unspecified atom stereocenters. The van der Waals surface area contributed by atoms with Gasteiger partial charge in [0.05, 0.1) is 5.56 Å². The molecule has 0 saturated carbocycles. The minimum atomic E-state index is -0.198. The van der Waals surface area contributed by atoms with Gasteiger partial charge in [-0.25, -0.2) is 0 Å². The number of amides is 1. The molecule has 0 atom stereocenters. The van der Waals surface area contributed by atoms with Crippen LogP contribution in [0.5, 0.6) is 5.75 Å². The molecule has 3 aromatic rings. The van der Waals surface area contributed by atoms with E-state index in [0.717, 1.165) is 11.1 Å². The second-order valence-corrected chi connectivity index (χ2v) is 6.15. The van der Waals surface area contributed by atoms with Crippen LogP contribution >= 0.6 is 0 Å². The predicted octanol–water partition coefficient (Wildman–Crippen LogP) is 3.36. The highest BCUT2D eigenvalue weighted by atomic mass is 16.5. The van der Waals surface area contributed by atoms with Crippen LogP contribution in [0.1, 0.15) is 23.2 Å². The Bertz CT molecular complexity index is 937. The number of hydrogen-bond donors (Lipinski definition) is 0. The molecule has 0 fully saturated rings. The zero-order valence-electron chi connectivity index (χ0n) is 15.3. The van der Waals surface area contributed by atoms with Gasteiger partial charge in [0.15, 0.2) is 0 Å². The Morgan fingerprint density at radius 3 is 2.70 bits per heavy atom. The fourth-order valence-corrected chi connectivity index (χ4v) is 2.39. The van der Waals surface area contributed by atoms with Crippen molar-refractivity contribution in [2.75, 3.05) is 13.7 Å². The topological polar surface area (TPSA) is 81.4 Å². The molecule has 7 heteroatoms. The number of ether oxygens (including phenoxy) is 1. The van der Waals surface area contributed by atoms with Crippen molar-refractivity contribution < 1.29 is 14.1 Å². The fourth-order valence-electron chi connectivity index (χ4n) is 2.39. The van der Waals surface area contributed by atoms with Crippen molar-refractivity contribution in [2.24, 2.45) is 0 Å².